The Morgan fingerprint density at radius 3 is 2.78 bits per heavy atom. The molecular weight excluding hydrogens is 246 g/mol. The highest BCUT2D eigenvalue weighted by Gasteiger charge is 2.23. The molecule has 1 aromatic rings. The summed E-state index contributed by atoms with van der Waals surface area (Å²) in [6, 6.07) is 0. The van der Waals surface area contributed by atoms with E-state index in [0.717, 1.165) is 41.5 Å². The second-order valence-electron chi connectivity index (χ2n) is 4.65. The highest BCUT2D eigenvalue weighted by Crippen LogP contribution is 2.26. The normalized spacial score (nSPS) is 19.9. The van der Waals surface area contributed by atoms with Gasteiger partial charge >= 0.3 is 0 Å². The van der Waals surface area contributed by atoms with Gasteiger partial charge in [0.1, 0.15) is 5.84 Å². The number of hydrogen-bond donors (Lipinski definition) is 2. The number of nitrogens with two attached hydrogens (primary N) is 1. The topological polar surface area (TPSA) is 78.9 Å². The summed E-state index contributed by atoms with van der Waals surface area (Å²) < 4.78 is 0. The lowest BCUT2D eigenvalue weighted by Gasteiger charge is -2.32. The summed E-state index contributed by atoms with van der Waals surface area (Å²) in [6.45, 7) is 7.92. The van der Waals surface area contributed by atoms with Gasteiger partial charge in [0.15, 0.2) is 5.82 Å². The minimum atomic E-state index is 0.0754. The number of aryl methyl sites for hydroxylation is 1. The van der Waals surface area contributed by atoms with Crippen molar-refractivity contribution >= 4 is 23.4 Å². The van der Waals surface area contributed by atoms with Gasteiger partial charge in [-0.05, 0) is 19.4 Å². The van der Waals surface area contributed by atoms with Crippen molar-refractivity contribution < 1.29 is 0 Å². The minimum absolute atomic E-state index is 0.0754. The van der Waals surface area contributed by atoms with Crippen LogP contribution in [0.4, 0.5) is 5.82 Å². The first-order valence-electron chi connectivity index (χ1n) is 6.05. The van der Waals surface area contributed by atoms with Crippen LogP contribution in [0.15, 0.2) is 0 Å². The number of amidine groups is 1. The smallest absolute Gasteiger partial charge is 0.162 e. The first kappa shape index (κ1) is 13.1. The zero-order chi connectivity index (χ0) is 13.3. The van der Waals surface area contributed by atoms with E-state index in [4.69, 9.17) is 11.1 Å². The van der Waals surface area contributed by atoms with Gasteiger partial charge in [0, 0.05) is 24.1 Å². The molecule has 1 saturated heterocycles. The average Bonchev–Trinajstić information content (AvgIpc) is 2.32. The second-order valence-corrected chi connectivity index (χ2v) is 6.20. The molecule has 3 N–H and O–H groups in total. The van der Waals surface area contributed by atoms with Crippen molar-refractivity contribution in [3.8, 4) is 0 Å². The second kappa shape index (κ2) is 5.14. The third kappa shape index (κ3) is 2.43. The molecule has 1 fully saturated rings. The molecule has 0 amide bonds. The molecule has 98 valence electrons. The van der Waals surface area contributed by atoms with Gasteiger partial charge in [-0.3, -0.25) is 5.41 Å². The van der Waals surface area contributed by atoms with Crippen molar-refractivity contribution in [2.45, 2.75) is 26.0 Å². The molecular formula is C12H19N5S. The van der Waals surface area contributed by atoms with Crippen LogP contribution >= 0.6 is 11.8 Å². The van der Waals surface area contributed by atoms with Gasteiger partial charge in [-0.2, -0.15) is 16.9 Å². The standard InChI is InChI=1S/C12H19N5S/c1-7-6-17(4-5-18-7)12-10(11(13)14)8(2)9(3)15-16-12/h7H,4-6H2,1-3H3,(H3,13,14). The quantitative estimate of drug-likeness (QED) is 0.623. The first-order valence-corrected chi connectivity index (χ1v) is 7.10. The summed E-state index contributed by atoms with van der Waals surface area (Å²) in [5.74, 6) is 1.91. The van der Waals surface area contributed by atoms with Crippen molar-refractivity contribution in [1.29, 1.82) is 5.41 Å². The maximum atomic E-state index is 7.76. The summed E-state index contributed by atoms with van der Waals surface area (Å²) >= 11 is 1.96. The Morgan fingerprint density at radius 1 is 1.44 bits per heavy atom. The van der Waals surface area contributed by atoms with E-state index < -0.39 is 0 Å². The lowest BCUT2D eigenvalue weighted by molar-refractivity contribution is 0.753. The van der Waals surface area contributed by atoms with Crippen LogP contribution in [0.3, 0.4) is 0 Å². The highest BCUT2D eigenvalue weighted by atomic mass is 32.2. The number of nitrogen functional groups attached to an aromatic ring is 1. The lowest BCUT2D eigenvalue weighted by atomic mass is 10.1. The molecule has 1 unspecified atom stereocenters. The van der Waals surface area contributed by atoms with Gasteiger partial charge in [0.2, 0.25) is 0 Å². The predicted octanol–water partition coefficient (Wildman–Crippen LogP) is 1.32. The summed E-state index contributed by atoms with van der Waals surface area (Å²) in [4.78, 5) is 2.19. The number of thioether (sulfide) groups is 1. The molecule has 0 saturated carbocycles. The van der Waals surface area contributed by atoms with Crippen LogP contribution in [0, 0.1) is 19.3 Å². The lowest BCUT2D eigenvalue weighted by Crippen LogP contribution is -2.39. The Balaban J connectivity index is 2.43. The molecule has 0 aliphatic carbocycles. The number of nitrogens with zero attached hydrogens (tertiary/aromatic N) is 3. The number of anilines is 1. The molecule has 0 bridgehead atoms. The van der Waals surface area contributed by atoms with E-state index in [1.807, 2.05) is 25.6 Å². The van der Waals surface area contributed by atoms with Crippen LogP contribution in [0.5, 0.6) is 0 Å². The van der Waals surface area contributed by atoms with Crippen molar-refractivity contribution in [3.63, 3.8) is 0 Å². The zero-order valence-corrected chi connectivity index (χ0v) is 11.8. The van der Waals surface area contributed by atoms with Gasteiger partial charge in [-0.1, -0.05) is 6.92 Å². The van der Waals surface area contributed by atoms with E-state index in [1.54, 1.807) is 0 Å². The third-order valence-corrected chi connectivity index (χ3v) is 4.38. The largest absolute Gasteiger partial charge is 0.384 e. The maximum Gasteiger partial charge on any atom is 0.162 e. The van der Waals surface area contributed by atoms with Crippen LogP contribution in [0.1, 0.15) is 23.7 Å². The Kier molecular flexibility index (Phi) is 3.75. The Morgan fingerprint density at radius 2 is 2.17 bits per heavy atom. The van der Waals surface area contributed by atoms with Gasteiger partial charge in [0.25, 0.3) is 0 Å². The van der Waals surface area contributed by atoms with Crippen LogP contribution < -0.4 is 10.6 Å². The van der Waals surface area contributed by atoms with Gasteiger partial charge in [-0.15, -0.1) is 5.10 Å². The summed E-state index contributed by atoms with van der Waals surface area (Å²) in [7, 11) is 0. The van der Waals surface area contributed by atoms with Crippen molar-refractivity contribution in [3.05, 3.63) is 16.8 Å². The van der Waals surface area contributed by atoms with Crippen molar-refractivity contribution in [1.82, 2.24) is 10.2 Å². The zero-order valence-electron chi connectivity index (χ0n) is 11.0. The fraction of sp³-hybridized carbons (Fsp3) is 0.583. The van der Waals surface area contributed by atoms with E-state index in [2.05, 4.69) is 22.0 Å². The van der Waals surface area contributed by atoms with Crippen molar-refractivity contribution in [2.75, 3.05) is 23.7 Å². The number of aromatic nitrogens is 2. The summed E-state index contributed by atoms with van der Waals surface area (Å²) in [5.41, 5.74) is 8.24. The molecule has 1 aromatic heterocycles. The fourth-order valence-corrected chi connectivity index (χ4v) is 3.16. The molecule has 1 atom stereocenters. The number of nitrogens with one attached hydrogen (secondary N) is 1. The Labute approximate surface area is 112 Å². The van der Waals surface area contributed by atoms with Crippen LogP contribution in [-0.2, 0) is 0 Å². The van der Waals surface area contributed by atoms with E-state index in [0.29, 0.717) is 5.25 Å². The van der Waals surface area contributed by atoms with Crippen LogP contribution in [0.2, 0.25) is 0 Å². The van der Waals surface area contributed by atoms with Gasteiger partial charge in [0.05, 0.1) is 11.3 Å². The molecule has 1 aliphatic rings. The Bertz CT molecular complexity index is 474. The Hall–Kier alpha value is -1.30. The average molecular weight is 265 g/mol. The van der Waals surface area contributed by atoms with E-state index in [-0.39, 0.29) is 5.84 Å². The molecule has 6 heteroatoms. The van der Waals surface area contributed by atoms with E-state index >= 15 is 0 Å². The van der Waals surface area contributed by atoms with Gasteiger partial charge in [-0.25, -0.2) is 0 Å². The van der Waals surface area contributed by atoms with Gasteiger partial charge < -0.3 is 10.6 Å². The number of rotatable bonds is 2. The molecule has 2 rings (SSSR count). The summed E-state index contributed by atoms with van der Waals surface area (Å²) in [6.07, 6.45) is 0. The fourth-order valence-electron chi connectivity index (χ4n) is 2.15. The van der Waals surface area contributed by atoms with Crippen molar-refractivity contribution in [2.24, 2.45) is 5.73 Å². The predicted molar refractivity (Wildman–Crippen MR) is 76.7 cm³/mol. The molecule has 0 radical (unpaired) electrons. The molecule has 1 aliphatic heterocycles. The first-order chi connectivity index (χ1) is 8.50. The minimum Gasteiger partial charge on any atom is -0.384 e. The molecule has 0 spiro atoms. The number of hydrogen-bond acceptors (Lipinski definition) is 5. The SMILES string of the molecule is Cc1nnc(N2CCSC(C)C2)c(C(=N)N)c1C. The van der Waals surface area contributed by atoms with Crippen LogP contribution in [0.25, 0.3) is 0 Å². The summed E-state index contributed by atoms with van der Waals surface area (Å²) in [5, 5.41) is 16.8. The molecule has 5 nitrogen and oxygen atoms in total. The van der Waals surface area contributed by atoms with Crippen LogP contribution in [-0.4, -0.2) is 40.1 Å². The van der Waals surface area contributed by atoms with E-state index in [9.17, 15) is 0 Å². The molecule has 2 heterocycles. The molecule has 18 heavy (non-hydrogen) atoms. The third-order valence-electron chi connectivity index (χ3n) is 3.25. The highest BCUT2D eigenvalue weighted by molar-refractivity contribution is 8.00. The van der Waals surface area contributed by atoms with E-state index in [1.165, 1.54) is 0 Å². The monoisotopic (exact) mass is 265 g/mol. The maximum absolute atomic E-state index is 7.76. The molecule has 0 aromatic carbocycles.